The molecule has 0 radical (unpaired) electrons. The molecule has 0 unspecified atom stereocenters. The Morgan fingerprint density at radius 1 is 1.25 bits per heavy atom. The van der Waals surface area contributed by atoms with Crippen LogP contribution in [0.5, 0.6) is 0 Å². The zero-order chi connectivity index (χ0) is 17.5. The molecule has 1 N–H and O–H groups in total. The highest BCUT2D eigenvalue weighted by Crippen LogP contribution is 2.57. The molecule has 0 aromatic carbocycles. The molecule has 138 valence electrons. The van der Waals surface area contributed by atoms with E-state index < -0.39 is 5.60 Å². The van der Waals surface area contributed by atoms with Crippen molar-refractivity contribution in [3.05, 3.63) is 0 Å². The lowest BCUT2D eigenvalue weighted by molar-refractivity contribution is -0.134. The van der Waals surface area contributed by atoms with Gasteiger partial charge in [-0.05, 0) is 68.6 Å². The monoisotopic (exact) mass is 336 g/mol. The van der Waals surface area contributed by atoms with E-state index in [4.69, 9.17) is 4.74 Å². The van der Waals surface area contributed by atoms with Crippen molar-refractivity contribution < 1.29 is 14.6 Å². The first-order chi connectivity index (χ1) is 11.4. The Hall–Kier alpha value is -0.410. The lowest BCUT2D eigenvalue weighted by Gasteiger charge is -2.43. The molecular formula is C21H36O3. The average Bonchev–Trinajstić information content (AvgIpc) is 3.19. The number of ketones is 1. The van der Waals surface area contributed by atoms with E-state index in [1.54, 1.807) is 0 Å². The highest BCUT2D eigenvalue weighted by atomic mass is 16.5. The maximum Gasteiger partial charge on any atom is 0.136 e. The van der Waals surface area contributed by atoms with Crippen molar-refractivity contribution in [2.45, 2.75) is 103 Å². The van der Waals surface area contributed by atoms with Crippen LogP contribution >= 0.6 is 0 Å². The third kappa shape index (κ3) is 2.86. The van der Waals surface area contributed by atoms with Gasteiger partial charge in [0.15, 0.2) is 0 Å². The van der Waals surface area contributed by atoms with Crippen LogP contribution in [0, 0.1) is 23.2 Å². The number of aliphatic hydroxyl groups is 1. The molecule has 2 aliphatic carbocycles. The zero-order valence-corrected chi connectivity index (χ0v) is 16.0. The van der Waals surface area contributed by atoms with Crippen LogP contribution in [-0.2, 0) is 9.53 Å². The van der Waals surface area contributed by atoms with Gasteiger partial charge < -0.3 is 9.84 Å². The van der Waals surface area contributed by atoms with Gasteiger partial charge in [0.2, 0.25) is 0 Å². The maximum absolute atomic E-state index is 12.4. The van der Waals surface area contributed by atoms with Gasteiger partial charge in [-0.1, -0.05) is 27.7 Å². The Balaban J connectivity index is 1.69. The summed E-state index contributed by atoms with van der Waals surface area (Å²) in [4.78, 5) is 12.4. The van der Waals surface area contributed by atoms with Crippen LogP contribution in [-0.4, -0.2) is 28.7 Å². The van der Waals surface area contributed by atoms with Crippen LogP contribution in [0.15, 0.2) is 0 Å². The Kier molecular flexibility index (Phi) is 5.15. The fraction of sp³-hybridized carbons (Fsp3) is 0.952. The number of Topliss-reactive ketones (excluding diaryl/α,β-unsaturated/α-hetero) is 1. The highest BCUT2D eigenvalue weighted by molar-refractivity contribution is 5.83. The van der Waals surface area contributed by atoms with Crippen LogP contribution in [0.4, 0.5) is 0 Å². The van der Waals surface area contributed by atoms with Gasteiger partial charge in [0.05, 0.1) is 17.8 Å². The number of hydrogen-bond acceptors (Lipinski definition) is 3. The normalized spacial score (nSPS) is 41.5. The summed E-state index contributed by atoms with van der Waals surface area (Å²) in [5.41, 5.74) is -0.487. The summed E-state index contributed by atoms with van der Waals surface area (Å²) in [6.07, 6.45) is 9.08. The largest absolute Gasteiger partial charge is 0.387 e. The number of carbonyl (C=O) groups is 1. The number of fused-ring (bicyclic) bond motifs is 1. The molecule has 0 bridgehead atoms. The Morgan fingerprint density at radius 3 is 2.62 bits per heavy atom. The summed E-state index contributed by atoms with van der Waals surface area (Å²) in [5, 5.41) is 10.8. The van der Waals surface area contributed by atoms with Crippen molar-refractivity contribution in [2.24, 2.45) is 23.2 Å². The number of rotatable bonds is 5. The first-order valence-electron chi connectivity index (χ1n) is 10.3. The van der Waals surface area contributed by atoms with Gasteiger partial charge in [-0.25, -0.2) is 0 Å². The highest BCUT2D eigenvalue weighted by Gasteiger charge is 2.54. The first kappa shape index (κ1) is 18.4. The van der Waals surface area contributed by atoms with Gasteiger partial charge in [0.1, 0.15) is 5.78 Å². The quantitative estimate of drug-likeness (QED) is 0.803. The summed E-state index contributed by atoms with van der Waals surface area (Å²) >= 11 is 0. The molecular weight excluding hydrogens is 300 g/mol. The maximum atomic E-state index is 12.4. The zero-order valence-electron chi connectivity index (χ0n) is 16.0. The van der Waals surface area contributed by atoms with Crippen molar-refractivity contribution in [1.82, 2.24) is 0 Å². The molecule has 0 aromatic rings. The second-order valence-electron chi connectivity index (χ2n) is 8.97. The predicted molar refractivity (Wildman–Crippen MR) is 95.8 cm³/mol. The summed E-state index contributed by atoms with van der Waals surface area (Å²) in [7, 11) is 0. The van der Waals surface area contributed by atoms with Gasteiger partial charge in [0, 0.05) is 12.3 Å². The molecule has 0 aromatic heterocycles. The fourth-order valence-electron chi connectivity index (χ4n) is 6.24. The van der Waals surface area contributed by atoms with Gasteiger partial charge in [-0.2, -0.15) is 0 Å². The Labute approximate surface area is 147 Å². The van der Waals surface area contributed by atoms with Gasteiger partial charge in [-0.15, -0.1) is 0 Å². The van der Waals surface area contributed by atoms with Crippen LogP contribution < -0.4 is 0 Å². The smallest absolute Gasteiger partial charge is 0.136 e. The first-order valence-corrected chi connectivity index (χ1v) is 10.3. The molecule has 0 amide bonds. The predicted octanol–water partition coefficient (Wildman–Crippen LogP) is 4.51. The molecule has 3 nitrogen and oxygen atoms in total. The molecule has 2 saturated carbocycles. The second-order valence-corrected chi connectivity index (χ2v) is 8.97. The van der Waals surface area contributed by atoms with Crippen molar-refractivity contribution in [2.75, 3.05) is 0 Å². The minimum atomic E-state index is -0.669. The topological polar surface area (TPSA) is 46.5 Å². The van der Waals surface area contributed by atoms with E-state index >= 15 is 0 Å². The summed E-state index contributed by atoms with van der Waals surface area (Å²) in [6, 6.07) is 0. The van der Waals surface area contributed by atoms with E-state index in [1.807, 2.05) is 0 Å². The molecule has 3 aliphatic rings. The third-order valence-corrected chi connectivity index (χ3v) is 8.03. The number of hydrogen-bond donors (Lipinski definition) is 1. The lowest BCUT2D eigenvalue weighted by atomic mass is 9.61. The van der Waals surface area contributed by atoms with E-state index in [-0.39, 0.29) is 17.6 Å². The van der Waals surface area contributed by atoms with Crippen LogP contribution in [0.3, 0.4) is 0 Å². The minimum absolute atomic E-state index is 0.0158. The minimum Gasteiger partial charge on any atom is -0.387 e. The summed E-state index contributed by atoms with van der Waals surface area (Å²) in [6.45, 7) is 8.81. The number of carbonyl (C=O) groups excluding carboxylic acids is 1. The fourth-order valence-corrected chi connectivity index (χ4v) is 6.24. The van der Waals surface area contributed by atoms with E-state index in [0.717, 1.165) is 44.9 Å². The number of ether oxygens (including phenoxy) is 1. The van der Waals surface area contributed by atoms with Gasteiger partial charge >= 0.3 is 0 Å². The van der Waals surface area contributed by atoms with Gasteiger partial charge in [0.25, 0.3) is 0 Å². The molecule has 1 saturated heterocycles. The Morgan fingerprint density at radius 2 is 1.96 bits per heavy atom. The van der Waals surface area contributed by atoms with E-state index in [9.17, 15) is 9.90 Å². The van der Waals surface area contributed by atoms with Crippen molar-refractivity contribution in [1.29, 1.82) is 0 Å². The van der Waals surface area contributed by atoms with Crippen molar-refractivity contribution in [3.8, 4) is 0 Å². The summed E-state index contributed by atoms with van der Waals surface area (Å²) < 4.78 is 6.40. The third-order valence-electron chi connectivity index (χ3n) is 8.03. The molecule has 3 fully saturated rings. The second kappa shape index (κ2) is 6.72. The standard InChI is InChI=1S/C21H36O3/c1-5-21(23,6-2)19-12-11-18(24-19)14(3)15-9-10-16-17(22)8-7-13-20(15,16)4/h14-16,18-19,23H,5-13H2,1-4H3/t14-,15+,16-,18+,19-,20+/m0/s1. The molecule has 3 rings (SSSR count). The Bertz CT molecular complexity index is 470. The van der Waals surface area contributed by atoms with Crippen molar-refractivity contribution in [3.63, 3.8) is 0 Å². The molecule has 24 heavy (non-hydrogen) atoms. The molecule has 1 aliphatic heterocycles. The van der Waals surface area contributed by atoms with E-state index in [1.165, 1.54) is 12.8 Å². The molecule has 0 spiro atoms. The lowest BCUT2D eigenvalue weighted by Crippen LogP contribution is -2.44. The molecule has 6 atom stereocenters. The van der Waals surface area contributed by atoms with E-state index in [2.05, 4.69) is 27.7 Å². The SMILES string of the molecule is CCC(O)(CC)[C@@H]1CC[C@H]([C@@H](C)[C@H]2CC[C@H]3C(=O)CCC[C@]23C)O1. The van der Waals surface area contributed by atoms with Crippen molar-refractivity contribution >= 4 is 5.78 Å². The average molecular weight is 337 g/mol. The molecule has 3 heteroatoms. The summed E-state index contributed by atoms with van der Waals surface area (Å²) in [5.74, 6) is 1.87. The van der Waals surface area contributed by atoms with Crippen LogP contribution in [0.1, 0.15) is 85.5 Å². The van der Waals surface area contributed by atoms with Crippen LogP contribution in [0.2, 0.25) is 0 Å². The van der Waals surface area contributed by atoms with Crippen LogP contribution in [0.25, 0.3) is 0 Å². The van der Waals surface area contributed by atoms with E-state index in [0.29, 0.717) is 23.5 Å². The van der Waals surface area contributed by atoms with Gasteiger partial charge in [-0.3, -0.25) is 4.79 Å². The molecule has 1 heterocycles.